The first kappa shape index (κ1) is 17.3. The largest absolute Gasteiger partial charge is 0.455 e. The molecule has 0 aliphatic heterocycles. The van der Waals surface area contributed by atoms with Gasteiger partial charge in [0.15, 0.2) is 0 Å². The van der Waals surface area contributed by atoms with Gasteiger partial charge in [-0.3, -0.25) is 4.98 Å². The molecule has 34 heavy (non-hydrogen) atoms. The van der Waals surface area contributed by atoms with E-state index in [1.165, 1.54) is 11.8 Å². The van der Waals surface area contributed by atoms with E-state index in [0.29, 0.717) is 16.8 Å². The molecule has 0 fully saturated rings. The molecule has 2 nitrogen and oxygen atoms in total. The van der Waals surface area contributed by atoms with Gasteiger partial charge in [0, 0.05) is 34.8 Å². The summed E-state index contributed by atoms with van der Waals surface area (Å²) < 4.78 is 48.5. The van der Waals surface area contributed by atoms with Gasteiger partial charge in [-0.05, 0) is 76.8 Å². The molecule has 0 amide bonds. The molecule has 0 bridgehead atoms. The van der Waals surface area contributed by atoms with Crippen molar-refractivity contribution in [1.82, 2.24) is 4.98 Å². The molecule has 0 N–H and O–H groups in total. The highest BCUT2D eigenvalue weighted by Crippen LogP contribution is 2.39. The van der Waals surface area contributed by atoms with E-state index in [4.69, 9.17) is 11.3 Å². The lowest BCUT2D eigenvalue weighted by atomic mass is 9.86. The minimum absolute atomic E-state index is 0.0691. The fraction of sp³-hybridized carbons (Fsp3) is 0.344. The van der Waals surface area contributed by atoms with Crippen LogP contribution >= 0.6 is 0 Å². The lowest BCUT2D eigenvalue weighted by Crippen LogP contribution is -2.10. The first-order valence-electron chi connectivity index (χ1n) is 14.4. The molecule has 0 aliphatic carbocycles. The van der Waals surface area contributed by atoms with Crippen molar-refractivity contribution >= 4 is 32.7 Å². The third kappa shape index (κ3) is 4.34. The fourth-order valence-corrected chi connectivity index (χ4v) is 4.66. The number of pyridine rings is 1. The van der Waals surface area contributed by atoms with Gasteiger partial charge in [0.25, 0.3) is 0 Å². The Kier molecular flexibility index (Phi) is 4.06. The van der Waals surface area contributed by atoms with Crippen molar-refractivity contribution < 1.29 is 11.3 Å². The quantitative estimate of drug-likeness (QED) is 0.271. The molecular formula is C32H35NO. The van der Waals surface area contributed by atoms with Crippen molar-refractivity contribution in [2.24, 2.45) is 10.8 Å². The minimum Gasteiger partial charge on any atom is -0.455 e. The molecule has 3 aromatic carbocycles. The van der Waals surface area contributed by atoms with Crippen LogP contribution in [-0.4, -0.2) is 4.98 Å². The highest BCUT2D eigenvalue weighted by Gasteiger charge is 2.18. The molecule has 5 aromatic rings. The van der Waals surface area contributed by atoms with Gasteiger partial charge in [-0.15, -0.1) is 0 Å². The van der Waals surface area contributed by atoms with E-state index in [1.807, 2.05) is 18.2 Å². The summed E-state index contributed by atoms with van der Waals surface area (Å²) in [6.45, 7) is 9.51. The average molecular weight is 455 g/mol. The highest BCUT2D eigenvalue weighted by molar-refractivity contribution is 6.17. The van der Waals surface area contributed by atoms with Crippen molar-refractivity contribution in [3.05, 3.63) is 77.5 Å². The number of aromatic nitrogens is 1. The number of rotatable bonds is 3. The van der Waals surface area contributed by atoms with Crippen molar-refractivity contribution in [1.29, 1.82) is 0 Å². The molecule has 0 radical (unpaired) electrons. The van der Waals surface area contributed by atoms with Gasteiger partial charge in [0.1, 0.15) is 11.2 Å². The molecular weight excluding hydrogens is 414 g/mol. The van der Waals surface area contributed by atoms with Crippen molar-refractivity contribution in [3.8, 4) is 11.3 Å². The van der Waals surface area contributed by atoms with E-state index in [9.17, 15) is 0 Å². The minimum atomic E-state index is -2.49. The Balaban J connectivity index is 1.76. The summed E-state index contributed by atoms with van der Waals surface area (Å²) in [5, 5.41) is 4.08. The zero-order valence-electron chi connectivity index (χ0n) is 25.8. The van der Waals surface area contributed by atoms with Gasteiger partial charge in [0.2, 0.25) is 0 Å². The van der Waals surface area contributed by atoms with E-state index in [2.05, 4.69) is 56.1 Å². The van der Waals surface area contributed by atoms with Crippen LogP contribution in [0.4, 0.5) is 0 Å². The Bertz CT molecular complexity index is 1720. The lowest BCUT2D eigenvalue weighted by molar-refractivity contribution is 0.410. The van der Waals surface area contributed by atoms with Gasteiger partial charge in [0.05, 0.1) is 5.69 Å². The second kappa shape index (κ2) is 7.98. The number of hydrogen-bond acceptors (Lipinski definition) is 2. The molecule has 0 unspecified atom stereocenters. The summed E-state index contributed by atoms with van der Waals surface area (Å²) in [6, 6.07) is 18.1. The van der Waals surface area contributed by atoms with Crippen LogP contribution in [0.2, 0.25) is 0 Å². The molecule has 0 aliphatic rings. The SMILES string of the molecule is [2H]C([2H])([2H])c1cnc(-c2cccc3c2oc2c4cc(CC(C)(C)C)ccc4ccc32)cc1C([2H])([2H])C(C)(C)C. The topological polar surface area (TPSA) is 26.0 Å². The van der Waals surface area contributed by atoms with Gasteiger partial charge in [-0.1, -0.05) is 71.9 Å². The van der Waals surface area contributed by atoms with Gasteiger partial charge in [-0.25, -0.2) is 0 Å². The number of fused-ring (bicyclic) bond motifs is 5. The van der Waals surface area contributed by atoms with Crippen LogP contribution in [0.15, 0.2) is 65.2 Å². The number of aryl methyl sites for hydroxylation is 1. The van der Waals surface area contributed by atoms with Crippen LogP contribution in [0.1, 0.15) is 65.1 Å². The Morgan fingerprint density at radius 3 is 2.35 bits per heavy atom. The van der Waals surface area contributed by atoms with Gasteiger partial charge < -0.3 is 4.42 Å². The Hall–Kier alpha value is -3.13. The van der Waals surface area contributed by atoms with E-state index < -0.39 is 18.6 Å². The average Bonchev–Trinajstić information content (AvgIpc) is 3.21. The number of nitrogens with zero attached hydrogens (tertiary/aromatic N) is 1. The predicted molar refractivity (Wildman–Crippen MR) is 146 cm³/mol. The molecule has 0 saturated carbocycles. The third-order valence-corrected chi connectivity index (χ3v) is 5.97. The van der Waals surface area contributed by atoms with Crippen molar-refractivity contribution in [3.63, 3.8) is 0 Å². The monoisotopic (exact) mass is 454 g/mol. The van der Waals surface area contributed by atoms with Crippen LogP contribution in [0, 0.1) is 17.7 Å². The number of para-hydroxylation sites is 1. The molecule has 2 aromatic heterocycles. The van der Waals surface area contributed by atoms with E-state index in [0.717, 1.165) is 33.5 Å². The van der Waals surface area contributed by atoms with Crippen molar-refractivity contribution in [2.75, 3.05) is 0 Å². The smallest absolute Gasteiger partial charge is 0.144 e. The number of furan rings is 1. The maximum absolute atomic E-state index is 8.89. The zero-order valence-corrected chi connectivity index (χ0v) is 20.8. The Labute approximate surface area is 210 Å². The van der Waals surface area contributed by atoms with Crippen LogP contribution < -0.4 is 0 Å². The maximum atomic E-state index is 8.89. The first-order valence-corrected chi connectivity index (χ1v) is 11.9. The Morgan fingerprint density at radius 1 is 0.853 bits per heavy atom. The normalized spacial score (nSPS) is 15.8. The van der Waals surface area contributed by atoms with Crippen molar-refractivity contribution in [2.45, 2.75) is 61.2 Å². The summed E-state index contributed by atoms with van der Waals surface area (Å²) in [6.07, 6.45) is 0.343. The Morgan fingerprint density at radius 2 is 1.62 bits per heavy atom. The number of benzene rings is 3. The van der Waals surface area contributed by atoms with Gasteiger partial charge in [-0.2, -0.15) is 0 Å². The maximum Gasteiger partial charge on any atom is 0.144 e. The summed E-state index contributed by atoms with van der Waals surface area (Å²) in [5.41, 5.74) is 3.27. The second-order valence-corrected chi connectivity index (χ2v) is 11.5. The summed E-state index contributed by atoms with van der Waals surface area (Å²) in [5.74, 6) is 0. The first-order chi connectivity index (χ1) is 18.0. The standard InChI is InChI=1S/C32H35NO/c1-20-19-33-28(16-23(20)18-32(5,6)7)26-10-8-9-24-25-14-13-22-12-11-21(17-31(2,3)4)15-27(22)30(25)34-29(24)26/h8-16,19H,17-18H2,1-7H3/i1D3,18D2. The molecule has 2 heteroatoms. The summed E-state index contributed by atoms with van der Waals surface area (Å²) >= 11 is 0. The van der Waals surface area contributed by atoms with E-state index in [-0.39, 0.29) is 16.5 Å². The van der Waals surface area contributed by atoms with E-state index >= 15 is 0 Å². The highest BCUT2D eigenvalue weighted by atomic mass is 16.3. The molecule has 174 valence electrons. The van der Waals surface area contributed by atoms with Crippen LogP contribution in [0.5, 0.6) is 0 Å². The van der Waals surface area contributed by atoms with E-state index in [1.54, 1.807) is 26.8 Å². The molecule has 2 heterocycles. The van der Waals surface area contributed by atoms with Gasteiger partial charge >= 0.3 is 0 Å². The van der Waals surface area contributed by atoms with Crippen LogP contribution in [-0.2, 0) is 12.8 Å². The van der Waals surface area contributed by atoms with Crippen LogP contribution in [0.3, 0.4) is 0 Å². The summed E-state index contributed by atoms with van der Waals surface area (Å²) in [4.78, 5) is 4.52. The zero-order chi connectivity index (χ0) is 28.5. The second-order valence-electron chi connectivity index (χ2n) is 11.5. The fourth-order valence-electron chi connectivity index (χ4n) is 4.66. The van der Waals surface area contributed by atoms with Crippen LogP contribution in [0.25, 0.3) is 44.0 Å². The molecule has 0 spiro atoms. The third-order valence-electron chi connectivity index (χ3n) is 5.97. The molecule has 0 saturated heterocycles. The lowest BCUT2D eigenvalue weighted by Gasteiger charge is -2.20. The molecule has 5 rings (SSSR count). The molecule has 0 atom stereocenters. The number of hydrogen-bond donors (Lipinski definition) is 0. The summed E-state index contributed by atoms with van der Waals surface area (Å²) in [7, 11) is 0. The predicted octanol–water partition coefficient (Wildman–Crippen LogP) is 9.29.